The Morgan fingerprint density at radius 2 is 1.69 bits per heavy atom. The fourth-order valence-corrected chi connectivity index (χ4v) is 2.40. The minimum atomic E-state index is -0.644. The molecule has 8 heteroatoms. The summed E-state index contributed by atoms with van der Waals surface area (Å²) in [5, 5.41) is 9.38. The van der Waals surface area contributed by atoms with Crippen molar-refractivity contribution >= 4 is 17.6 Å². The second-order valence-corrected chi connectivity index (χ2v) is 5.66. The molecule has 3 amide bonds. The lowest BCUT2D eigenvalue weighted by Gasteiger charge is -2.08. The van der Waals surface area contributed by atoms with Crippen LogP contribution in [-0.4, -0.2) is 26.7 Å². The number of benzene rings is 2. The molecule has 0 saturated carbocycles. The van der Waals surface area contributed by atoms with Crippen LogP contribution in [0.2, 0.25) is 0 Å². The van der Waals surface area contributed by atoms with Crippen LogP contribution in [0.4, 0.5) is 10.5 Å². The summed E-state index contributed by atoms with van der Waals surface area (Å²) in [6.45, 7) is 1.07. The molecule has 0 aliphatic heterocycles. The van der Waals surface area contributed by atoms with Crippen LogP contribution in [0.3, 0.4) is 0 Å². The van der Waals surface area contributed by atoms with Gasteiger partial charge in [0.1, 0.15) is 12.7 Å². The number of hydrogen-bond acceptors (Lipinski definition) is 4. The molecule has 0 saturated heterocycles. The maximum Gasteiger partial charge on any atom is 0.316 e. The number of amides is 3. The van der Waals surface area contributed by atoms with Gasteiger partial charge in [0, 0.05) is 17.8 Å². The van der Waals surface area contributed by atoms with Gasteiger partial charge in [-0.2, -0.15) is 5.10 Å². The summed E-state index contributed by atoms with van der Waals surface area (Å²) < 4.78 is 1.74. The van der Waals surface area contributed by atoms with Crippen molar-refractivity contribution in [2.75, 3.05) is 5.32 Å². The molecule has 0 spiro atoms. The fraction of sp³-hybridized carbons (Fsp3) is 0.111. The normalized spacial score (nSPS) is 10.3. The van der Waals surface area contributed by atoms with Crippen molar-refractivity contribution in [1.82, 2.24) is 20.1 Å². The first-order valence-electron chi connectivity index (χ1n) is 7.95. The average molecular weight is 350 g/mol. The van der Waals surface area contributed by atoms with Gasteiger partial charge in [-0.15, -0.1) is 0 Å². The van der Waals surface area contributed by atoms with E-state index < -0.39 is 6.03 Å². The van der Waals surface area contributed by atoms with Crippen molar-refractivity contribution in [2.45, 2.75) is 13.1 Å². The van der Waals surface area contributed by atoms with E-state index in [1.165, 1.54) is 6.33 Å². The van der Waals surface area contributed by atoms with Crippen LogP contribution in [0, 0.1) is 0 Å². The van der Waals surface area contributed by atoms with E-state index in [1.54, 1.807) is 35.3 Å². The van der Waals surface area contributed by atoms with Crippen LogP contribution in [-0.2, 0) is 13.1 Å². The maximum atomic E-state index is 12.2. The van der Waals surface area contributed by atoms with Gasteiger partial charge < -0.3 is 16.4 Å². The molecule has 1 heterocycles. The summed E-state index contributed by atoms with van der Waals surface area (Å²) in [6.07, 6.45) is 3.17. The van der Waals surface area contributed by atoms with Crippen molar-refractivity contribution in [3.05, 3.63) is 77.9 Å². The Labute approximate surface area is 150 Å². The number of primary amides is 1. The van der Waals surface area contributed by atoms with Gasteiger partial charge in [-0.3, -0.25) is 4.79 Å². The minimum absolute atomic E-state index is 0.192. The van der Waals surface area contributed by atoms with Gasteiger partial charge in [-0.25, -0.2) is 14.5 Å². The second-order valence-electron chi connectivity index (χ2n) is 5.66. The molecule has 0 aliphatic carbocycles. The first kappa shape index (κ1) is 17.2. The molecule has 3 aromatic rings. The van der Waals surface area contributed by atoms with Crippen molar-refractivity contribution < 1.29 is 9.59 Å². The van der Waals surface area contributed by atoms with E-state index in [1.807, 2.05) is 24.3 Å². The first-order chi connectivity index (χ1) is 12.6. The lowest BCUT2D eigenvalue weighted by Crippen LogP contribution is -2.23. The molecular weight excluding hydrogens is 332 g/mol. The van der Waals surface area contributed by atoms with Gasteiger partial charge in [0.2, 0.25) is 0 Å². The van der Waals surface area contributed by atoms with Gasteiger partial charge in [0.15, 0.2) is 0 Å². The van der Waals surface area contributed by atoms with Crippen LogP contribution in [0.1, 0.15) is 21.5 Å². The van der Waals surface area contributed by atoms with Gasteiger partial charge in [0.25, 0.3) is 5.91 Å². The number of carbonyl (C=O) groups excluding carboxylic acids is 2. The quantitative estimate of drug-likeness (QED) is 0.628. The van der Waals surface area contributed by atoms with E-state index in [9.17, 15) is 9.59 Å². The number of nitrogens with one attached hydrogen (secondary N) is 2. The first-order valence-corrected chi connectivity index (χ1v) is 7.95. The number of anilines is 1. The predicted octanol–water partition coefficient (Wildman–Crippen LogP) is 1.75. The zero-order valence-corrected chi connectivity index (χ0v) is 13.9. The van der Waals surface area contributed by atoms with Crippen molar-refractivity contribution in [3.8, 4) is 0 Å². The molecule has 1 aromatic heterocycles. The zero-order valence-electron chi connectivity index (χ0n) is 13.9. The summed E-state index contributed by atoms with van der Waals surface area (Å²) in [6, 6.07) is 13.8. The summed E-state index contributed by atoms with van der Waals surface area (Å²) in [5.74, 6) is -0.192. The van der Waals surface area contributed by atoms with Crippen LogP contribution in [0.15, 0.2) is 61.2 Å². The number of urea groups is 1. The molecule has 0 radical (unpaired) electrons. The molecule has 0 fully saturated rings. The van der Waals surface area contributed by atoms with E-state index in [4.69, 9.17) is 5.73 Å². The molecular formula is C18H18N6O2. The number of rotatable bonds is 6. The Morgan fingerprint density at radius 1 is 1.00 bits per heavy atom. The van der Waals surface area contributed by atoms with Crippen LogP contribution < -0.4 is 16.4 Å². The Balaban J connectivity index is 1.53. The molecule has 4 N–H and O–H groups in total. The molecule has 26 heavy (non-hydrogen) atoms. The smallest absolute Gasteiger partial charge is 0.316 e. The summed E-state index contributed by atoms with van der Waals surface area (Å²) in [5.41, 5.74) is 8.18. The summed E-state index contributed by atoms with van der Waals surface area (Å²) >= 11 is 0. The van der Waals surface area contributed by atoms with Gasteiger partial charge in [-0.1, -0.05) is 24.3 Å². The highest BCUT2D eigenvalue weighted by atomic mass is 16.2. The number of aromatic nitrogens is 3. The summed E-state index contributed by atoms with van der Waals surface area (Å²) in [4.78, 5) is 26.9. The van der Waals surface area contributed by atoms with Gasteiger partial charge >= 0.3 is 6.03 Å². The third-order valence-electron chi connectivity index (χ3n) is 3.70. The number of nitrogens with two attached hydrogens (primary N) is 1. The second kappa shape index (κ2) is 7.93. The highest BCUT2D eigenvalue weighted by Gasteiger charge is 2.06. The van der Waals surface area contributed by atoms with E-state index in [2.05, 4.69) is 20.7 Å². The lowest BCUT2D eigenvalue weighted by molar-refractivity contribution is 0.0951. The molecule has 132 valence electrons. The van der Waals surface area contributed by atoms with E-state index in [0.29, 0.717) is 24.3 Å². The predicted molar refractivity (Wildman–Crippen MR) is 96.4 cm³/mol. The summed E-state index contributed by atoms with van der Waals surface area (Å²) in [7, 11) is 0. The highest BCUT2D eigenvalue weighted by molar-refractivity contribution is 5.95. The Morgan fingerprint density at radius 3 is 2.31 bits per heavy atom. The fourth-order valence-electron chi connectivity index (χ4n) is 2.40. The standard InChI is InChI=1S/C18H18N6O2/c19-18(26)23-16-7-5-15(6-8-16)17(25)21-9-13-1-3-14(4-2-13)10-24-12-20-11-22-24/h1-8,11-12H,9-10H2,(H,21,25)(H3,19,23,26). The van der Waals surface area contributed by atoms with Gasteiger partial charge in [0.05, 0.1) is 6.54 Å². The maximum absolute atomic E-state index is 12.2. The van der Waals surface area contributed by atoms with E-state index in [-0.39, 0.29) is 5.91 Å². The monoisotopic (exact) mass is 350 g/mol. The SMILES string of the molecule is NC(=O)Nc1ccc(C(=O)NCc2ccc(Cn3cncn3)cc2)cc1. The average Bonchev–Trinajstić information content (AvgIpc) is 3.14. The van der Waals surface area contributed by atoms with Crippen LogP contribution >= 0.6 is 0 Å². The number of carbonyl (C=O) groups is 2. The highest BCUT2D eigenvalue weighted by Crippen LogP contribution is 2.10. The van der Waals surface area contributed by atoms with Crippen molar-refractivity contribution in [3.63, 3.8) is 0 Å². The van der Waals surface area contributed by atoms with Crippen molar-refractivity contribution in [2.24, 2.45) is 5.73 Å². The third-order valence-corrected chi connectivity index (χ3v) is 3.70. The topological polar surface area (TPSA) is 115 Å². The zero-order chi connectivity index (χ0) is 18.4. The molecule has 8 nitrogen and oxygen atoms in total. The minimum Gasteiger partial charge on any atom is -0.351 e. The molecule has 0 bridgehead atoms. The Kier molecular flexibility index (Phi) is 5.23. The lowest BCUT2D eigenvalue weighted by atomic mass is 10.1. The molecule has 3 rings (SSSR count). The van der Waals surface area contributed by atoms with E-state index >= 15 is 0 Å². The molecule has 0 unspecified atom stereocenters. The molecule has 0 aliphatic rings. The number of nitrogens with zero attached hydrogens (tertiary/aromatic N) is 3. The van der Waals surface area contributed by atoms with E-state index in [0.717, 1.165) is 11.1 Å². The Bertz CT molecular complexity index is 873. The largest absolute Gasteiger partial charge is 0.351 e. The van der Waals surface area contributed by atoms with Gasteiger partial charge in [-0.05, 0) is 35.4 Å². The van der Waals surface area contributed by atoms with Crippen LogP contribution in [0.25, 0.3) is 0 Å². The Hall–Kier alpha value is -3.68. The number of hydrogen-bond donors (Lipinski definition) is 3. The molecule has 2 aromatic carbocycles. The van der Waals surface area contributed by atoms with Crippen LogP contribution in [0.5, 0.6) is 0 Å². The third kappa shape index (κ3) is 4.67. The van der Waals surface area contributed by atoms with Crippen molar-refractivity contribution in [1.29, 1.82) is 0 Å². The molecule has 0 atom stereocenters.